The van der Waals surface area contributed by atoms with Crippen molar-refractivity contribution in [1.29, 1.82) is 0 Å². The largest absolute Gasteiger partial charge is 0.0654 e. The van der Waals surface area contributed by atoms with Crippen molar-refractivity contribution in [3.8, 4) is 0 Å². The van der Waals surface area contributed by atoms with Crippen molar-refractivity contribution in [3.05, 3.63) is 0 Å². The molecular formula is C29H54. The van der Waals surface area contributed by atoms with Gasteiger partial charge in [0.2, 0.25) is 0 Å². The molecule has 4 unspecified atom stereocenters. The van der Waals surface area contributed by atoms with Crippen molar-refractivity contribution in [2.24, 2.45) is 41.4 Å². The van der Waals surface area contributed by atoms with Crippen molar-refractivity contribution in [1.82, 2.24) is 0 Å². The Hall–Kier alpha value is 0. The van der Waals surface area contributed by atoms with Gasteiger partial charge in [-0.05, 0) is 86.4 Å². The fraction of sp³-hybridized carbons (Fsp3) is 1.00. The Labute approximate surface area is 184 Å². The second-order valence-corrected chi connectivity index (χ2v) is 11.8. The summed E-state index contributed by atoms with van der Waals surface area (Å²) in [7, 11) is 0. The standard InChI is InChI=1S/C29H54/c1-4-10-24-15-16-29(22-24)28-19-17-27(18-20-28)26(5-2)14-9-11-23(3)21-25-12-7-6-8-13-25/h23-29H,4-22H2,1-3H3. The van der Waals surface area contributed by atoms with E-state index in [4.69, 9.17) is 0 Å². The average molecular weight is 403 g/mol. The van der Waals surface area contributed by atoms with Crippen LogP contribution in [-0.2, 0) is 0 Å². The van der Waals surface area contributed by atoms with Crippen LogP contribution in [0.4, 0.5) is 0 Å². The summed E-state index contributed by atoms with van der Waals surface area (Å²) in [6.07, 6.45) is 29.0. The SMILES string of the molecule is CCCC1CCC(C2CCC(C(CC)CCCC(C)CC3CCCCC3)CC2)C1. The van der Waals surface area contributed by atoms with Gasteiger partial charge < -0.3 is 0 Å². The van der Waals surface area contributed by atoms with Gasteiger partial charge in [0.1, 0.15) is 0 Å². The summed E-state index contributed by atoms with van der Waals surface area (Å²) in [5, 5.41) is 0. The first-order valence-corrected chi connectivity index (χ1v) is 14.2. The molecule has 3 rings (SSSR count). The van der Waals surface area contributed by atoms with Crippen molar-refractivity contribution in [2.75, 3.05) is 0 Å². The fourth-order valence-electron chi connectivity index (χ4n) is 7.91. The van der Waals surface area contributed by atoms with Crippen LogP contribution in [0.1, 0.15) is 143 Å². The molecule has 0 nitrogen and oxygen atoms in total. The van der Waals surface area contributed by atoms with E-state index in [1.807, 2.05) is 0 Å². The first kappa shape index (κ1) is 23.7. The van der Waals surface area contributed by atoms with Gasteiger partial charge in [-0.3, -0.25) is 0 Å². The monoisotopic (exact) mass is 402 g/mol. The minimum atomic E-state index is 0.977. The molecule has 0 saturated heterocycles. The molecule has 0 N–H and O–H groups in total. The average Bonchev–Trinajstić information content (AvgIpc) is 3.21. The molecule has 0 radical (unpaired) electrons. The lowest BCUT2D eigenvalue weighted by atomic mass is 9.69. The summed E-state index contributed by atoms with van der Waals surface area (Å²) in [6.45, 7) is 7.41. The molecule has 3 fully saturated rings. The molecular weight excluding hydrogens is 348 g/mol. The lowest BCUT2D eigenvalue weighted by molar-refractivity contribution is 0.150. The van der Waals surface area contributed by atoms with E-state index in [0.29, 0.717) is 0 Å². The molecule has 170 valence electrons. The van der Waals surface area contributed by atoms with Crippen molar-refractivity contribution in [3.63, 3.8) is 0 Å². The van der Waals surface area contributed by atoms with Crippen molar-refractivity contribution >= 4 is 0 Å². The molecule has 29 heavy (non-hydrogen) atoms. The van der Waals surface area contributed by atoms with E-state index in [1.54, 1.807) is 44.9 Å². The summed E-state index contributed by atoms with van der Waals surface area (Å²) in [6, 6.07) is 0. The molecule has 0 amide bonds. The first-order valence-electron chi connectivity index (χ1n) is 14.2. The molecule has 0 aromatic rings. The minimum Gasteiger partial charge on any atom is -0.0654 e. The van der Waals surface area contributed by atoms with Crippen molar-refractivity contribution < 1.29 is 0 Å². The zero-order valence-electron chi connectivity index (χ0n) is 20.5. The van der Waals surface area contributed by atoms with Gasteiger partial charge in [0, 0.05) is 0 Å². The highest BCUT2D eigenvalue weighted by atomic mass is 14.4. The second kappa shape index (κ2) is 12.8. The van der Waals surface area contributed by atoms with Gasteiger partial charge in [0.05, 0.1) is 0 Å². The predicted molar refractivity (Wildman–Crippen MR) is 129 cm³/mol. The van der Waals surface area contributed by atoms with E-state index < -0.39 is 0 Å². The molecule has 0 spiro atoms. The van der Waals surface area contributed by atoms with Crippen LogP contribution < -0.4 is 0 Å². The summed E-state index contributed by atoms with van der Waals surface area (Å²) in [5.74, 6) is 7.44. The number of rotatable bonds is 11. The summed E-state index contributed by atoms with van der Waals surface area (Å²) < 4.78 is 0. The van der Waals surface area contributed by atoms with Gasteiger partial charge in [-0.2, -0.15) is 0 Å². The van der Waals surface area contributed by atoms with Crippen LogP contribution in [0.25, 0.3) is 0 Å². The van der Waals surface area contributed by atoms with E-state index >= 15 is 0 Å². The predicted octanol–water partition coefficient (Wildman–Crippen LogP) is 9.81. The molecule has 3 aliphatic rings. The van der Waals surface area contributed by atoms with Gasteiger partial charge in [-0.1, -0.05) is 97.8 Å². The van der Waals surface area contributed by atoms with Gasteiger partial charge in [0.15, 0.2) is 0 Å². The molecule has 0 aromatic heterocycles. The quantitative estimate of drug-likeness (QED) is 0.322. The highest BCUT2D eigenvalue weighted by molar-refractivity contribution is 4.85. The smallest absolute Gasteiger partial charge is 0.0383 e. The maximum atomic E-state index is 2.55. The molecule has 0 aliphatic heterocycles. The van der Waals surface area contributed by atoms with Crippen molar-refractivity contribution in [2.45, 2.75) is 143 Å². The Morgan fingerprint density at radius 1 is 0.724 bits per heavy atom. The van der Waals surface area contributed by atoms with E-state index in [0.717, 1.165) is 41.4 Å². The highest BCUT2D eigenvalue weighted by Gasteiger charge is 2.34. The minimum absolute atomic E-state index is 0.977. The molecule has 3 aliphatic carbocycles. The summed E-state index contributed by atoms with van der Waals surface area (Å²) in [4.78, 5) is 0. The first-order chi connectivity index (χ1) is 14.2. The van der Waals surface area contributed by atoms with E-state index in [-0.39, 0.29) is 0 Å². The van der Waals surface area contributed by atoms with Gasteiger partial charge in [-0.15, -0.1) is 0 Å². The normalized spacial score (nSPS) is 33.6. The molecule has 3 saturated carbocycles. The van der Waals surface area contributed by atoms with Gasteiger partial charge >= 0.3 is 0 Å². The third kappa shape index (κ3) is 7.57. The van der Waals surface area contributed by atoms with Crippen LogP contribution in [0.5, 0.6) is 0 Å². The molecule has 4 atom stereocenters. The second-order valence-electron chi connectivity index (χ2n) is 11.8. The molecule has 0 heterocycles. The van der Waals surface area contributed by atoms with Crippen LogP contribution >= 0.6 is 0 Å². The third-order valence-electron chi connectivity index (χ3n) is 9.69. The fourth-order valence-corrected chi connectivity index (χ4v) is 7.91. The topological polar surface area (TPSA) is 0 Å². The Bertz CT molecular complexity index is 412. The third-order valence-corrected chi connectivity index (χ3v) is 9.69. The Morgan fingerprint density at radius 3 is 2.14 bits per heavy atom. The zero-order chi connectivity index (χ0) is 20.5. The number of hydrogen-bond donors (Lipinski definition) is 0. The van der Waals surface area contributed by atoms with Crippen LogP contribution in [0.15, 0.2) is 0 Å². The van der Waals surface area contributed by atoms with Crippen LogP contribution in [0.3, 0.4) is 0 Å². The van der Waals surface area contributed by atoms with E-state index in [2.05, 4.69) is 20.8 Å². The molecule has 0 aromatic carbocycles. The van der Waals surface area contributed by atoms with Gasteiger partial charge in [-0.25, -0.2) is 0 Å². The lowest BCUT2D eigenvalue weighted by Crippen LogP contribution is -2.25. The maximum absolute atomic E-state index is 2.55. The van der Waals surface area contributed by atoms with Crippen LogP contribution in [-0.4, -0.2) is 0 Å². The molecule has 0 heteroatoms. The zero-order valence-corrected chi connectivity index (χ0v) is 20.5. The Morgan fingerprint density at radius 2 is 1.45 bits per heavy atom. The Balaban J connectivity index is 1.31. The van der Waals surface area contributed by atoms with E-state index in [1.165, 1.54) is 77.0 Å². The van der Waals surface area contributed by atoms with Crippen LogP contribution in [0, 0.1) is 41.4 Å². The van der Waals surface area contributed by atoms with Crippen LogP contribution in [0.2, 0.25) is 0 Å². The van der Waals surface area contributed by atoms with E-state index in [9.17, 15) is 0 Å². The number of hydrogen-bond acceptors (Lipinski definition) is 0. The summed E-state index contributed by atoms with van der Waals surface area (Å²) >= 11 is 0. The summed E-state index contributed by atoms with van der Waals surface area (Å²) in [5.41, 5.74) is 0. The molecule has 0 bridgehead atoms. The highest BCUT2D eigenvalue weighted by Crippen LogP contribution is 2.46. The maximum Gasteiger partial charge on any atom is -0.0383 e. The van der Waals surface area contributed by atoms with Gasteiger partial charge in [0.25, 0.3) is 0 Å². The Kier molecular flexibility index (Phi) is 10.4. The lowest BCUT2D eigenvalue weighted by Gasteiger charge is -2.36.